The summed E-state index contributed by atoms with van der Waals surface area (Å²) in [5, 5.41) is 29.0. The summed E-state index contributed by atoms with van der Waals surface area (Å²) in [5.74, 6) is -2.17. The van der Waals surface area contributed by atoms with Gasteiger partial charge in [-0.1, -0.05) is 5.57 Å². The molecule has 0 radical (unpaired) electrons. The maximum absolute atomic E-state index is 12.9. The molecule has 1 aliphatic heterocycles. The lowest BCUT2D eigenvalue weighted by Crippen LogP contribution is -2.44. The summed E-state index contributed by atoms with van der Waals surface area (Å²) >= 11 is 0. The fourth-order valence-corrected chi connectivity index (χ4v) is 2.90. The number of carbonyl (C=O) groups is 1. The first-order chi connectivity index (χ1) is 13.9. The number of aromatic nitrogens is 2. The van der Waals surface area contributed by atoms with Crippen LogP contribution in [-0.4, -0.2) is 73.3 Å². The molecule has 10 nitrogen and oxygen atoms in total. The molecule has 0 aliphatic carbocycles. The van der Waals surface area contributed by atoms with Crippen LogP contribution in [0.1, 0.15) is 25.1 Å². The number of alkyl halides is 3. The molecule has 1 aromatic rings. The zero-order valence-electron chi connectivity index (χ0n) is 15.9. The molecule has 30 heavy (non-hydrogen) atoms. The number of nitrogens with one attached hydrogen (secondary N) is 1. The van der Waals surface area contributed by atoms with Crippen molar-refractivity contribution in [3.63, 3.8) is 0 Å². The van der Waals surface area contributed by atoms with Gasteiger partial charge in [0.25, 0.3) is 5.56 Å². The van der Waals surface area contributed by atoms with Crippen molar-refractivity contribution in [2.24, 2.45) is 0 Å². The summed E-state index contributed by atoms with van der Waals surface area (Å²) in [6.07, 6.45) is -10.2. The van der Waals surface area contributed by atoms with E-state index in [1.807, 2.05) is 4.98 Å². The average Bonchev–Trinajstić information content (AvgIpc) is 2.93. The fraction of sp³-hybridized carbons (Fsp3) is 0.588. The molecule has 0 saturated carbocycles. The third-order valence-electron chi connectivity index (χ3n) is 4.53. The monoisotopic (exact) mass is 437 g/mol. The fourth-order valence-electron chi connectivity index (χ4n) is 2.90. The molecule has 1 saturated heterocycles. The van der Waals surface area contributed by atoms with Crippen molar-refractivity contribution in [1.29, 1.82) is 0 Å². The molecule has 13 heteroatoms. The van der Waals surface area contributed by atoms with Crippen molar-refractivity contribution >= 4 is 5.91 Å². The Morgan fingerprint density at radius 2 is 1.97 bits per heavy atom. The van der Waals surface area contributed by atoms with Gasteiger partial charge >= 0.3 is 17.8 Å². The Morgan fingerprint density at radius 3 is 2.47 bits per heavy atom. The molecule has 0 aromatic carbocycles. The number of rotatable bonds is 7. The van der Waals surface area contributed by atoms with E-state index in [9.17, 15) is 37.8 Å². The van der Waals surface area contributed by atoms with E-state index in [0.717, 1.165) is 6.20 Å². The highest BCUT2D eigenvalue weighted by Gasteiger charge is 2.44. The third-order valence-corrected chi connectivity index (χ3v) is 4.53. The average molecular weight is 437 g/mol. The minimum absolute atomic E-state index is 0.0498. The Hall–Kier alpha value is -2.48. The van der Waals surface area contributed by atoms with Crippen LogP contribution in [0.4, 0.5) is 13.2 Å². The van der Waals surface area contributed by atoms with Gasteiger partial charge in [-0.05, 0) is 13.3 Å². The summed E-state index contributed by atoms with van der Waals surface area (Å²) in [6, 6.07) is 0. The van der Waals surface area contributed by atoms with Crippen LogP contribution < -0.4 is 11.2 Å². The smallest absolute Gasteiger partial charge is 0.394 e. The number of amides is 1. The Morgan fingerprint density at radius 1 is 1.33 bits per heavy atom. The third kappa shape index (κ3) is 5.16. The van der Waals surface area contributed by atoms with Crippen molar-refractivity contribution in [1.82, 2.24) is 14.5 Å². The molecule has 0 spiro atoms. The lowest BCUT2D eigenvalue weighted by molar-refractivity contribution is -0.186. The molecule has 4 atom stereocenters. The topological polar surface area (TPSA) is 145 Å². The Labute approximate surface area is 167 Å². The van der Waals surface area contributed by atoms with Gasteiger partial charge in [0.05, 0.1) is 18.7 Å². The van der Waals surface area contributed by atoms with Crippen molar-refractivity contribution < 1.29 is 38.0 Å². The molecule has 1 aromatic heterocycles. The van der Waals surface area contributed by atoms with Crippen molar-refractivity contribution in [2.45, 2.75) is 50.6 Å². The number of carbonyl (C=O) groups excluding carboxylic acids is 1. The van der Waals surface area contributed by atoms with Gasteiger partial charge in [-0.2, -0.15) is 13.2 Å². The minimum Gasteiger partial charge on any atom is -0.394 e. The zero-order valence-corrected chi connectivity index (χ0v) is 15.9. The van der Waals surface area contributed by atoms with Crippen LogP contribution in [0.2, 0.25) is 0 Å². The lowest BCUT2D eigenvalue weighted by Gasteiger charge is -2.24. The standard InChI is InChI=1S/C17H22F3N3O7/c1-8(2)3-4-22(15(28)17(18,19)20)5-9-6-23(16(29)21-13(9)27)14-12(26)11(25)10(7-24)30-14/h6,10-12,14,24-26H,1,3-5,7H2,2H3,(H,21,27,29). The molecular formula is C17H22F3N3O7. The van der Waals surface area contributed by atoms with E-state index in [2.05, 4.69) is 6.58 Å². The maximum Gasteiger partial charge on any atom is 0.471 e. The van der Waals surface area contributed by atoms with E-state index < -0.39 is 61.0 Å². The van der Waals surface area contributed by atoms with Crippen molar-refractivity contribution in [2.75, 3.05) is 13.2 Å². The van der Waals surface area contributed by atoms with Gasteiger partial charge in [-0.15, -0.1) is 6.58 Å². The van der Waals surface area contributed by atoms with Gasteiger partial charge < -0.3 is 25.0 Å². The van der Waals surface area contributed by atoms with E-state index in [4.69, 9.17) is 9.84 Å². The van der Waals surface area contributed by atoms with Crippen molar-refractivity contribution in [3.8, 4) is 0 Å². The number of aliphatic hydroxyl groups is 3. The van der Waals surface area contributed by atoms with Crippen LogP contribution in [0, 0.1) is 0 Å². The quantitative estimate of drug-likeness (QED) is 0.401. The van der Waals surface area contributed by atoms with Gasteiger partial charge in [-0.3, -0.25) is 19.1 Å². The van der Waals surface area contributed by atoms with E-state index in [1.54, 1.807) is 6.92 Å². The Balaban J connectivity index is 2.39. The molecule has 1 aliphatic rings. The van der Waals surface area contributed by atoms with E-state index in [-0.39, 0.29) is 18.5 Å². The molecule has 4 unspecified atom stereocenters. The largest absolute Gasteiger partial charge is 0.471 e. The number of H-pyrrole nitrogens is 1. The van der Waals surface area contributed by atoms with Gasteiger partial charge in [0.1, 0.15) is 18.3 Å². The second-order valence-electron chi connectivity index (χ2n) is 6.98. The maximum atomic E-state index is 12.9. The number of aromatic amines is 1. The van der Waals surface area contributed by atoms with Crippen LogP contribution >= 0.6 is 0 Å². The molecule has 0 bridgehead atoms. The van der Waals surface area contributed by atoms with Crippen LogP contribution in [0.25, 0.3) is 0 Å². The Kier molecular flexibility index (Phi) is 7.23. The molecule has 1 amide bonds. The zero-order chi connectivity index (χ0) is 22.8. The number of nitrogens with zero attached hydrogens (tertiary/aromatic N) is 2. The summed E-state index contributed by atoms with van der Waals surface area (Å²) in [6.45, 7) is 3.29. The van der Waals surface area contributed by atoms with E-state index in [0.29, 0.717) is 15.0 Å². The molecular weight excluding hydrogens is 415 g/mol. The van der Waals surface area contributed by atoms with Gasteiger partial charge in [0.2, 0.25) is 0 Å². The molecule has 2 rings (SSSR count). The summed E-state index contributed by atoms with van der Waals surface area (Å²) in [7, 11) is 0. The van der Waals surface area contributed by atoms with Gasteiger partial charge in [0.15, 0.2) is 6.23 Å². The highest BCUT2D eigenvalue weighted by atomic mass is 19.4. The minimum atomic E-state index is -5.18. The second kappa shape index (κ2) is 9.12. The van der Waals surface area contributed by atoms with E-state index >= 15 is 0 Å². The number of ether oxygens (including phenoxy) is 1. The predicted octanol–water partition coefficient (Wildman–Crippen LogP) is -0.995. The van der Waals surface area contributed by atoms with Gasteiger partial charge in [0, 0.05) is 12.7 Å². The number of aliphatic hydroxyl groups excluding tert-OH is 3. The van der Waals surface area contributed by atoms with Crippen LogP contribution in [0.15, 0.2) is 27.9 Å². The van der Waals surface area contributed by atoms with Crippen LogP contribution in [0.5, 0.6) is 0 Å². The second-order valence-corrected chi connectivity index (χ2v) is 6.98. The molecule has 2 heterocycles. The van der Waals surface area contributed by atoms with Gasteiger partial charge in [-0.25, -0.2) is 4.79 Å². The molecule has 4 N–H and O–H groups in total. The number of hydrogen-bond acceptors (Lipinski definition) is 7. The highest BCUT2D eigenvalue weighted by molar-refractivity contribution is 5.81. The van der Waals surface area contributed by atoms with Crippen LogP contribution in [-0.2, 0) is 16.1 Å². The number of halogens is 3. The normalized spacial score (nSPS) is 24.1. The predicted molar refractivity (Wildman–Crippen MR) is 95.2 cm³/mol. The first-order valence-corrected chi connectivity index (χ1v) is 8.84. The lowest BCUT2D eigenvalue weighted by atomic mass is 10.1. The SMILES string of the molecule is C=C(C)CCN(Cc1cn(C2OC(CO)C(O)C2O)c(=O)[nH]c1=O)C(=O)C(F)(F)F. The summed E-state index contributed by atoms with van der Waals surface area (Å²) in [5.41, 5.74) is -1.96. The number of hydrogen-bond donors (Lipinski definition) is 4. The van der Waals surface area contributed by atoms with E-state index in [1.165, 1.54) is 0 Å². The summed E-state index contributed by atoms with van der Waals surface area (Å²) in [4.78, 5) is 38.3. The Bertz CT molecular complexity index is 911. The van der Waals surface area contributed by atoms with Crippen molar-refractivity contribution in [3.05, 3.63) is 44.8 Å². The first kappa shape index (κ1) is 23.8. The first-order valence-electron chi connectivity index (χ1n) is 8.84. The molecule has 168 valence electrons. The molecule has 1 fully saturated rings. The highest BCUT2D eigenvalue weighted by Crippen LogP contribution is 2.28. The van der Waals surface area contributed by atoms with Crippen LogP contribution in [0.3, 0.4) is 0 Å². The summed E-state index contributed by atoms with van der Waals surface area (Å²) < 4.78 is 44.7.